The quantitative estimate of drug-likeness (QED) is 0.726. The molecule has 1 aromatic heterocycles. The van der Waals surface area contributed by atoms with Crippen molar-refractivity contribution in [2.75, 3.05) is 0 Å². The number of rotatable bonds is 1. The first-order chi connectivity index (χ1) is 9.15. The molecule has 2 aromatic carbocycles. The van der Waals surface area contributed by atoms with E-state index in [0.717, 1.165) is 11.1 Å². The fourth-order valence-electron chi connectivity index (χ4n) is 1.91. The van der Waals surface area contributed by atoms with Crippen LogP contribution in [0.2, 0.25) is 10.0 Å². The molecule has 94 valence electrons. The first kappa shape index (κ1) is 12.2. The van der Waals surface area contributed by atoms with Gasteiger partial charge < -0.3 is 5.11 Å². The molecule has 0 amide bonds. The fourth-order valence-corrected chi connectivity index (χ4v) is 2.31. The third-order valence-corrected chi connectivity index (χ3v) is 3.42. The molecular formula is C14H8Cl2N2O. The molecule has 3 rings (SSSR count). The van der Waals surface area contributed by atoms with Gasteiger partial charge >= 0.3 is 0 Å². The van der Waals surface area contributed by atoms with E-state index in [2.05, 4.69) is 9.97 Å². The summed E-state index contributed by atoms with van der Waals surface area (Å²) >= 11 is 12.1. The zero-order chi connectivity index (χ0) is 13.4. The van der Waals surface area contributed by atoms with Gasteiger partial charge in [-0.25, -0.2) is 9.97 Å². The lowest BCUT2D eigenvalue weighted by molar-refractivity contribution is 0.459. The molecule has 1 N–H and O–H groups in total. The van der Waals surface area contributed by atoms with E-state index in [1.165, 1.54) is 6.33 Å². The largest absolute Gasteiger partial charge is 0.493 e. The second-order valence-corrected chi connectivity index (χ2v) is 4.90. The molecule has 3 aromatic rings. The average molecular weight is 291 g/mol. The highest BCUT2D eigenvalue weighted by molar-refractivity contribution is 6.34. The summed E-state index contributed by atoms with van der Waals surface area (Å²) in [5.74, 6) is -0.0584. The van der Waals surface area contributed by atoms with Crippen LogP contribution in [0.4, 0.5) is 0 Å². The number of halogens is 2. The smallest absolute Gasteiger partial charge is 0.221 e. The first-order valence-electron chi connectivity index (χ1n) is 5.54. The highest BCUT2D eigenvalue weighted by Gasteiger charge is 2.09. The van der Waals surface area contributed by atoms with Gasteiger partial charge in [0.1, 0.15) is 6.33 Å². The van der Waals surface area contributed by atoms with Crippen molar-refractivity contribution in [1.29, 1.82) is 0 Å². The molecule has 0 radical (unpaired) electrons. The minimum absolute atomic E-state index is 0.0584. The van der Waals surface area contributed by atoms with Crippen molar-refractivity contribution in [2.45, 2.75) is 0 Å². The molecule has 0 aliphatic rings. The van der Waals surface area contributed by atoms with E-state index < -0.39 is 0 Å². The van der Waals surface area contributed by atoms with Crippen molar-refractivity contribution in [3.63, 3.8) is 0 Å². The summed E-state index contributed by atoms with van der Waals surface area (Å²) in [6.45, 7) is 0. The van der Waals surface area contributed by atoms with E-state index in [9.17, 15) is 5.11 Å². The summed E-state index contributed by atoms with van der Waals surface area (Å²) in [5.41, 5.74) is 2.32. The highest BCUT2D eigenvalue weighted by Crippen LogP contribution is 2.34. The van der Waals surface area contributed by atoms with Crippen LogP contribution in [0.3, 0.4) is 0 Å². The molecule has 0 spiro atoms. The lowest BCUT2D eigenvalue weighted by Gasteiger charge is -2.07. The fraction of sp³-hybridized carbons (Fsp3) is 0. The SMILES string of the molecule is Oc1ncnc2cc(Cl)c(-c3ccc(Cl)cc3)cc12. The van der Waals surface area contributed by atoms with Crippen molar-refractivity contribution in [3.8, 4) is 17.0 Å². The Labute approximate surface area is 119 Å². The summed E-state index contributed by atoms with van der Waals surface area (Å²) in [6, 6.07) is 10.8. The Morgan fingerprint density at radius 2 is 1.68 bits per heavy atom. The summed E-state index contributed by atoms with van der Waals surface area (Å²) in [6.07, 6.45) is 1.30. The Bertz CT molecular complexity index is 757. The Hall–Kier alpha value is -1.84. The molecular weight excluding hydrogens is 283 g/mol. The molecule has 0 aliphatic heterocycles. The molecule has 19 heavy (non-hydrogen) atoms. The Balaban J connectivity index is 2.26. The standard InChI is InChI=1S/C14H8Cl2N2O/c15-9-3-1-8(2-4-9)10-5-11-13(6-12(10)16)17-7-18-14(11)19/h1-7H,(H,17,18,19). The van der Waals surface area contributed by atoms with Crippen LogP contribution in [0, 0.1) is 0 Å². The van der Waals surface area contributed by atoms with Crippen LogP contribution in [-0.2, 0) is 0 Å². The lowest BCUT2D eigenvalue weighted by Crippen LogP contribution is -1.86. The van der Waals surface area contributed by atoms with Crippen molar-refractivity contribution in [3.05, 3.63) is 52.8 Å². The maximum atomic E-state index is 9.76. The number of fused-ring (bicyclic) bond motifs is 1. The van der Waals surface area contributed by atoms with Crippen LogP contribution in [-0.4, -0.2) is 15.1 Å². The van der Waals surface area contributed by atoms with Gasteiger partial charge in [0.25, 0.3) is 0 Å². The maximum absolute atomic E-state index is 9.76. The van der Waals surface area contributed by atoms with Crippen molar-refractivity contribution < 1.29 is 5.11 Å². The van der Waals surface area contributed by atoms with Crippen molar-refractivity contribution in [1.82, 2.24) is 9.97 Å². The average Bonchev–Trinajstić information content (AvgIpc) is 2.40. The minimum atomic E-state index is -0.0584. The normalized spacial score (nSPS) is 10.8. The highest BCUT2D eigenvalue weighted by atomic mass is 35.5. The predicted octanol–water partition coefficient (Wildman–Crippen LogP) is 4.31. The molecule has 0 aliphatic carbocycles. The van der Waals surface area contributed by atoms with Crippen LogP contribution in [0.15, 0.2) is 42.7 Å². The molecule has 0 fully saturated rings. The summed E-state index contributed by atoms with van der Waals surface area (Å²) in [4.78, 5) is 7.84. The number of hydrogen-bond acceptors (Lipinski definition) is 3. The molecule has 5 heteroatoms. The number of aromatic nitrogens is 2. The third kappa shape index (κ3) is 2.23. The van der Waals surface area contributed by atoms with Crippen LogP contribution >= 0.6 is 23.2 Å². The van der Waals surface area contributed by atoms with E-state index in [1.54, 1.807) is 24.3 Å². The van der Waals surface area contributed by atoms with Gasteiger partial charge in [-0.3, -0.25) is 0 Å². The maximum Gasteiger partial charge on any atom is 0.221 e. The molecule has 0 saturated carbocycles. The van der Waals surface area contributed by atoms with Gasteiger partial charge in [-0.2, -0.15) is 0 Å². The van der Waals surface area contributed by atoms with Gasteiger partial charge in [-0.05, 0) is 29.8 Å². The molecule has 0 unspecified atom stereocenters. The first-order valence-corrected chi connectivity index (χ1v) is 6.30. The summed E-state index contributed by atoms with van der Waals surface area (Å²) in [5, 5.41) is 11.6. The zero-order valence-corrected chi connectivity index (χ0v) is 11.2. The third-order valence-electron chi connectivity index (χ3n) is 2.86. The second-order valence-electron chi connectivity index (χ2n) is 4.05. The van der Waals surface area contributed by atoms with Crippen molar-refractivity contribution >= 4 is 34.1 Å². The Morgan fingerprint density at radius 1 is 0.947 bits per heavy atom. The topological polar surface area (TPSA) is 46.0 Å². The molecule has 0 atom stereocenters. The van der Waals surface area contributed by atoms with Gasteiger partial charge in [0.2, 0.25) is 5.88 Å². The second kappa shape index (κ2) is 4.68. The minimum Gasteiger partial charge on any atom is -0.493 e. The van der Waals surface area contributed by atoms with E-state index in [1.807, 2.05) is 12.1 Å². The number of hydrogen-bond donors (Lipinski definition) is 1. The van der Waals surface area contributed by atoms with Crippen LogP contribution < -0.4 is 0 Å². The molecule has 3 nitrogen and oxygen atoms in total. The van der Waals surface area contributed by atoms with E-state index in [4.69, 9.17) is 23.2 Å². The monoisotopic (exact) mass is 290 g/mol. The van der Waals surface area contributed by atoms with E-state index in [0.29, 0.717) is 20.9 Å². The van der Waals surface area contributed by atoms with Gasteiger partial charge in [0, 0.05) is 10.6 Å². The van der Waals surface area contributed by atoms with Gasteiger partial charge in [-0.15, -0.1) is 0 Å². The molecule has 1 heterocycles. The van der Waals surface area contributed by atoms with Gasteiger partial charge in [-0.1, -0.05) is 35.3 Å². The van der Waals surface area contributed by atoms with Crippen LogP contribution in [0.5, 0.6) is 5.88 Å². The molecule has 0 saturated heterocycles. The summed E-state index contributed by atoms with van der Waals surface area (Å²) in [7, 11) is 0. The zero-order valence-electron chi connectivity index (χ0n) is 9.64. The van der Waals surface area contributed by atoms with Gasteiger partial charge in [0.15, 0.2) is 0 Å². The number of nitrogens with zero attached hydrogens (tertiary/aromatic N) is 2. The number of benzene rings is 2. The van der Waals surface area contributed by atoms with Gasteiger partial charge in [0.05, 0.1) is 15.9 Å². The Morgan fingerprint density at radius 3 is 2.42 bits per heavy atom. The summed E-state index contributed by atoms with van der Waals surface area (Å²) < 4.78 is 0. The van der Waals surface area contributed by atoms with Crippen LogP contribution in [0.25, 0.3) is 22.0 Å². The van der Waals surface area contributed by atoms with Crippen molar-refractivity contribution in [2.24, 2.45) is 0 Å². The van der Waals surface area contributed by atoms with E-state index in [-0.39, 0.29) is 5.88 Å². The van der Waals surface area contributed by atoms with Crippen LogP contribution in [0.1, 0.15) is 0 Å². The Kier molecular flexibility index (Phi) is 3.01. The van der Waals surface area contributed by atoms with E-state index >= 15 is 0 Å². The predicted molar refractivity (Wildman–Crippen MR) is 76.7 cm³/mol. The number of aromatic hydroxyl groups is 1. The molecule has 0 bridgehead atoms. The lowest BCUT2D eigenvalue weighted by atomic mass is 10.0.